The van der Waals surface area contributed by atoms with Crippen LogP contribution in [0.4, 0.5) is 0 Å². The lowest BCUT2D eigenvalue weighted by atomic mass is 10.0. The van der Waals surface area contributed by atoms with Crippen molar-refractivity contribution in [3.63, 3.8) is 0 Å². The molecule has 16 heavy (non-hydrogen) atoms. The predicted octanol–water partition coefficient (Wildman–Crippen LogP) is 2.67. The third kappa shape index (κ3) is 2.12. The molecule has 0 saturated carbocycles. The summed E-state index contributed by atoms with van der Waals surface area (Å²) in [6.07, 6.45) is 0. The Balaban J connectivity index is 2.43. The van der Waals surface area contributed by atoms with E-state index in [-0.39, 0.29) is 0 Å². The second-order valence-corrected chi connectivity index (χ2v) is 4.40. The molecule has 1 N–H and O–H groups in total. The highest BCUT2D eigenvalue weighted by atomic mass is 32.1. The smallest absolute Gasteiger partial charge is 0.317 e. The van der Waals surface area contributed by atoms with Gasteiger partial charge in [-0.05, 0) is 12.5 Å². The van der Waals surface area contributed by atoms with Gasteiger partial charge in [-0.15, -0.1) is 11.3 Å². The van der Waals surface area contributed by atoms with Crippen LogP contribution in [-0.2, 0) is 4.79 Å². The molecule has 0 radical (unpaired) electrons. The van der Waals surface area contributed by atoms with Gasteiger partial charge in [-0.25, -0.2) is 4.98 Å². The molecule has 3 nitrogen and oxygen atoms in total. The quantitative estimate of drug-likeness (QED) is 0.886. The summed E-state index contributed by atoms with van der Waals surface area (Å²) in [5, 5.41) is 11.8. The molecule has 1 atom stereocenters. The van der Waals surface area contributed by atoms with Crippen LogP contribution < -0.4 is 0 Å². The molecule has 0 fully saturated rings. The first-order valence-electron chi connectivity index (χ1n) is 4.88. The van der Waals surface area contributed by atoms with E-state index in [4.69, 9.17) is 0 Å². The molecule has 1 heterocycles. The second-order valence-electron chi connectivity index (χ2n) is 3.51. The minimum atomic E-state index is -0.861. The van der Waals surface area contributed by atoms with Crippen LogP contribution in [0.25, 0.3) is 0 Å². The summed E-state index contributed by atoms with van der Waals surface area (Å²) in [6.45, 7) is 1.86. The Morgan fingerprint density at radius 1 is 1.38 bits per heavy atom. The molecule has 2 rings (SSSR count). The Labute approximate surface area is 97.4 Å². The Hall–Kier alpha value is -1.68. The van der Waals surface area contributed by atoms with Crippen LogP contribution >= 0.6 is 11.3 Å². The van der Waals surface area contributed by atoms with Gasteiger partial charge in [0.25, 0.3) is 0 Å². The van der Waals surface area contributed by atoms with Gasteiger partial charge in [-0.1, -0.05) is 30.3 Å². The molecule has 0 amide bonds. The first kappa shape index (κ1) is 10.8. The number of aliphatic carboxylic acids is 1. The lowest BCUT2D eigenvalue weighted by Crippen LogP contribution is -2.12. The minimum absolute atomic E-state index is 0.635. The first-order chi connectivity index (χ1) is 7.68. The monoisotopic (exact) mass is 233 g/mol. The number of benzene rings is 1. The van der Waals surface area contributed by atoms with Crippen LogP contribution in [0.3, 0.4) is 0 Å². The fourth-order valence-corrected chi connectivity index (χ4v) is 2.45. The van der Waals surface area contributed by atoms with E-state index in [2.05, 4.69) is 4.98 Å². The van der Waals surface area contributed by atoms with E-state index in [9.17, 15) is 9.90 Å². The maximum Gasteiger partial charge on any atom is 0.317 e. The molecule has 0 saturated heterocycles. The van der Waals surface area contributed by atoms with Gasteiger partial charge in [0, 0.05) is 11.1 Å². The molecule has 2 aromatic rings. The van der Waals surface area contributed by atoms with Crippen molar-refractivity contribution in [1.82, 2.24) is 4.98 Å². The number of nitrogens with zero attached hydrogens (tertiary/aromatic N) is 1. The number of carboxylic acids is 1. The molecule has 0 aliphatic carbocycles. The molecule has 82 valence electrons. The molecule has 0 aliphatic heterocycles. The van der Waals surface area contributed by atoms with E-state index >= 15 is 0 Å². The number of carbonyl (C=O) groups is 1. The summed E-state index contributed by atoms with van der Waals surface area (Å²) in [5.74, 6) is -1.51. The predicted molar refractivity (Wildman–Crippen MR) is 62.8 cm³/mol. The Morgan fingerprint density at radius 3 is 2.56 bits per heavy atom. The van der Waals surface area contributed by atoms with Crippen molar-refractivity contribution in [2.24, 2.45) is 0 Å². The van der Waals surface area contributed by atoms with Crippen LogP contribution in [0.5, 0.6) is 0 Å². The SMILES string of the molecule is Cc1csc(C(C(=O)O)c2ccccc2)n1. The van der Waals surface area contributed by atoms with Crippen LogP contribution in [0.15, 0.2) is 35.7 Å². The molecule has 0 bridgehead atoms. The van der Waals surface area contributed by atoms with Crippen LogP contribution in [0, 0.1) is 6.92 Å². The minimum Gasteiger partial charge on any atom is -0.480 e. The van der Waals surface area contributed by atoms with Crippen molar-refractivity contribution in [1.29, 1.82) is 0 Å². The lowest BCUT2D eigenvalue weighted by Gasteiger charge is -2.09. The summed E-state index contributed by atoms with van der Waals surface area (Å²) in [4.78, 5) is 15.5. The highest BCUT2D eigenvalue weighted by molar-refractivity contribution is 7.09. The number of aryl methyl sites for hydroxylation is 1. The number of carboxylic acid groups (broad SMARTS) is 1. The van der Waals surface area contributed by atoms with Crippen molar-refractivity contribution in [3.05, 3.63) is 52.0 Å². The van der Waals surface area contributed by atoms with Gasteiger partial charge in [0.15, 0.2) is 0 Å². The Morgan fingerprint density at radius 2 is 2.06 bits per heavy atom. The number of thiazole rings is 1. The van der Waals surface area contributed by atoms with Gasteiger partial charge >= 0.3 is 5.97 Å². The molecule has 0 spiro atoms. The molecular formula is C12H11NO2S. The summed E-state index contributed by atoms with van der Waals surface area (Å²) in [5.41, 5.74) is 1.63. The molecule has 1 aromatic carbocycles. The first-order valence-corrected chi connectivity index (χ1v) is 5.76. The van der Waals surface area contributed by atoms with E-state index in [0.717, 1.165) is 11.3 Å². The highest BCUT2D eigenvalue weighted by Gasteiger charge is 2.24. The summed E-state index contributed by atoms with van der Waals surface area (Å²) in [7, 11) is 0. The van der Waals surface area contributed by atoms with E-state index in [1.54, 1.807) is 0 Å². The zero-order chi connectivity index (χ0) is 11.5. The number of aromatic nitrogens is 1. The highest BCUT2D eigenvalue weighted by Crippen LogP contribution is 2.27. The topological polar surface area (TPSA) is 50.2 Å². The van der Waals surface area contributed by atoms with Crippen molar-refractivity contribution in [2.75, 3.05) is 0 Å². The van der Waals surface area contributed by atoms with Crippen molar-refractivity contribution >= 4 is 17.3 Å². The standard InChI is InChI=1S/C12H11NO2S/c1-8-7-16-11(13-8)10(12(14)15)9-5-3-2-4-6-9/h2-7,10H,1H3,(H,14,15). The van der Waals surface area contributed by atoms with E-state index in [1.165, 1.54) is 11.3 Å². The average Bonchev–Trinajstić information content (AvgIpc) is 2.66. The molecular weight excluding hydrogens is 222 g/mol. The van der Waals surface area contributed by atoms with Crippen LogP contribution in [0.2, 0.25) is 0 Å². The summed E-state index contributed by atoms with van der Waals surface area (Å²) in [6, 6.07) is 9.18. The molecule has 4 heteroatoms. The summed E-state index contributed by atoms with van der Waals surface area (Å²) < 4.78 is 0. The van der Waals surface area contributed by atoms with Crippen molar-refractivity contribution < 1.29 is 9.90 Å². The van der Waals surface area contributed by atoms with Crippen molar-refractivity contribution in [3.8, 4) is 0 Å². The van der Waals surface area contributed by atoms with Gasteiger partial charge < -0.3 is 5.11 Å². The van der Waals surface area contributed by atoms with E-state index < -0.39 is 11.9 Å². The fourth-order valence-electron chi connectivity index (χ4n) is 1.54. The van der Waals surface area contributed by atoms with Gasteiger partial charge in [0.2, 0.25) is 0 Å². The van der Waals surface area contributed by atoms with E-state index in [0.29, 0.717) is 5.01 Å². The van der Waals surface area contributed by atoms with E-state index in [1.807, 2.05) is 42.6 Å². The van der Waals surface area contributed by atoms with Crippen molar-refractivity contribution in [2.45, 2.75) is 12.8 Å². The van der Waals surface area contributed by atoms with Crippen LogP contribution in [0.1, 0.15) is 22.2 Å². The maximum atomic E-state index is 11.3. The average molecular weight is 233 g/mol. The second kappa shape index (κ2) is 4.45. The zero-order valence-electron chi connectivity index (χ0n) is 8.75. The maximum absolute atomic E-state index is 11.3. The Bertz CT molecular complexity index is 493. The normalized spacial score (nSPS) is 12.3. The molecule has 1 aromatic heterocycles. The van der Waals surface area contributed by atoms with Crippen LogP contribution in [-0.4, -0.2) is 16.1 Å². The fraction of sp³-hybridized carbons (Fsp3) is 0.167. The Kier molecular flexibility index (Phi) is 3.01. The molecule has 1 unspecified atom stereocenters. The van der Waals surface area contributed by atoms with Gasteiger partial charge in [0.05, 0.1) is 0 Å². The third-order valence-electron chi connectivity index (χ3n) is 2.26. The largest absolute Gasteiger partial charge is 0.480 e. The third-order valence-corrected chi connectivity index (χ3v) is 3.29. The molecule has 0 aliphatic rings. The zero-order valence-corrected chi connectivity index (χ0v) is 9.57. The van der Waals surface area contributed by atoms with Gasteiger partial charge in [-0.3, -0.25) is 4.79 Å². The summed E-state index contributed by atoms with van der Waals surface area (Å²) >= 11 is 1.39. The lowest BCUT2D eigenvalue weighted by molar-refractivity contribution is -0.137. The number of hydrogen-bond donors (Lipinski definition) is 1. The number of hydrogen-bond acceptors (Lipinski definition) is 3. The number of rotatable bonds is 3. The van der Waals surface area contributed by atoms with Gasteiger partial charge in [0.1, 0.15) is 10.9 Å². The van der Waals surface area contributed by atoms with Gasteiger partial charge in [-0.2, -0.15) is 0 Å².